The van der Waals surface area contributed by atoms with Crippen LogP contribution in [0.4, 0.5) is 0 Å². The van der Waals surface area contributed by atoms with Gasteiger partial charge in [-0.05, 0) is 24.3 Å². The van der Waals surface area contributed by atoms with Gasteiger partial charge in [0.1, 0.15) is 0 Å². The van der Waals surface area contributed by atoms with Crippen LogP contribution >= 0.6 is 11.3 Å². The maximum absolute atomic E-state index is 11.7. The van der Waals surface area contributed by atoms with Crippen molar-refractivity contribution in [2.75, 3.05) is 26.2 Å². The standard InChI is InChI=1S/C14H19N3O3S/c18-12(16-10-13(19)17-7-1-2-8-17)5-6-15-14(20)11-4-3-9-21-11/h3-4,9H,1-2,5-8,10H2,(H,15,20)(H,16,18). The van der Waals surface area contributed by atoms with Crippen LogP contribution in [0, 0.1) is 0 Å². The van der Waals surface area contributed by atoms with Gasteiger partial charge in [-0.3, -0.25) is 14.4 Å². The molecule has 1 saturated heterocycles. The number of carbonyl (C=O) groups excluding carboxylic acids is 3. The summed E-state index contributed by atoms with van der Waals surface area (Å²) in [6, 6.07) is 3.53. The lowest BCUT2D eigenvalue weighted by Gasteiger charge is -2.15. The lowest BCUT2D eigenvalue weighted by molar-refractivity contribution is -0.132. The summed E-state index contributed by atoms with van der Waals surface area (Å²) in [6.07, 6.45) is 2.24. The van der Waals surface area contributed by atoms with Gasteiger partial charge in [-0.2, -0.15) is 0 Å². The van der Waals surface area contributed by atoms with E-state index in [1.54, 1.807) is 17.0 Å². The first-order chi connectivity index (χ1) is 10.2. The lowest BCUT2D eigenvalue weighted by Crippen LogP contribution is -2.39. The highest BCUT2D eigenvalue weighted by Crippen LogP contribution is 2.08. The summed E-state index contributed by atoms with van der Waals surface area (Å²) < 4.78 is 0. The van der Waals surface area contributed by atoms with Crippen LogP contribution in [0.25, 0.3) is 0 Å². The molecule has 0 radical (unpaired) electrons. The Labute approximate surface area is 127 Å². The number of thiophene rings is 1. The van der Waals surface area contributed by atoms with Crippen LogP contribution in [0.2, 0.25) is 0 Å². The van der Waals surface area contributed by atoms with Crippen molar-refractivity contribution < 1.29 is 14.4 Å². The van der Waals surface area contributed by atoms with Crippen LogP contribution in [0.15, 0.2) is 17.5 Å². The Morgan fingerprint density at radius 2 is 1.95 bits per heavy atom. The van der Waals surface area contributed by atoms with Crippen LogP contribution in [0.3, 0.4) is 0 Å². The number of amides is 3. The molecule has 1 aliphatic rings. The summed E-state index contributed by atoms with van der Waals surface area (Å²) in [5.74, 6) is -0.441. The highest BCUT2D eigenvalue weighted by molar-refractivity contribution is 7.12. The van der Waals surface area contributed by atoms with E-state index in [1.807, 2.05) is 5.38 Å². The predicted molar refractivity (Wildman–Crippen MR) is 80.1 cm³/mol. The molecule has 0 saturated carbocycles. The molecule has 0 atom stereocenters. The molecule has 2 rings (SSSR count). The van der Waals surface area contributed by atoms with Crippen molar-refractivity contribution in [2.24, 2.45) is 0 Å². The summed E-state index contributed by atoms with van der Waals surface area (Å²) in [5.41, 5.74) is 0. The molecule has 0 aromatic carbocycles. The van der Waals surface area contributed by atoms with Gasteiger partial charge in [0.2, 0.25) is 11.8 Å². The number of carbonyl (C=O) groups is 3. The molecule has 0 unspecified atom stereocenters. The van der Waals surface area contributed by atoms with Gasteiger partial charge >= 0.3 is 0 Å². The number of nitrogens with zero attached hydrogens (tertiary/aromatic N) is 1. The average molecular weight is 309 g/mol. The molecule has 7 heteroatoms. The van der Waals surface area contributed by atoms with E-state index in [4.69, 9.17) is 0 Å². The Balaban J connectivity index is 1.59. The number of hydrogen-bond donors (Lipinski definition) is 2. The zero-order valence-corrected chi connectivity index (χ0v) is 12.6. The van der Waals surface area contributed by atoms with Gasteiger partial charge < -0.3 is 15.5 Å². The monoisotopic (exact) mass is 309 g/mol. The van der Waals surface area contributed by atoms with Crippen molar-refractivity contribution in [3.8, 4) is 0 Å². The fraction of sp³-hybridized carbons (Fsp3) is 0.500. The second-order valence-corrected chi connectivity index (χ2v) is 5.80. The smallest absolute Gasteiger partial charge is 0.261 e. The van der Waals surface area contributed by atoms with Crippen LogP contribution in [-0.2, 0) is 9.59 Å². The number of rotatable bonds is 6. The quantitative estimate of drug-likeness (QED) is 0.808. The Morgan fingerprint density at radius 1 is 1.19 bits per heavy atom. The number of nitrogens with one attached hydrogen (secondary N) is 2. The average Bonchev–Trinajstić information content (AvgIpc) is 3.16. The van der Waals surface area contributed by atoms with E-state index in [1.165, 1.54) is 11.3 Å². The van der Waals surface area contributed by atoms with Crippen molar-refractivity contribution in [2.45, 2.75) is 19.3 Å². The van der Waals surface area contributed by atoms with Crippen LogP contribution in [0.1, 0.15) is 28.9 Å². The maximum atomic E-state index is 11.7. The minimum absolute atomic E-state index is 0.0385. The van der Waals surface area contributed by atoms with Gasteiger partial charge in [0, 0.05) is 26.1 Å². The molecule has 2 heterocycles. The van der Waals surface area contributed by atoms with Crippen LogP contribution in [0.5, 0.6) is 0 Å². The minimum atomic E-state index is -0.228. The zero-order chi connectivity index (χ0) is 15.1. The zero-order valence-electron chi connectivity index (χ0n) is 11.8. The second-order valence-electron chi connectivity index (χ2n) is 4.85. The largest absolute Gasteiger partial charge is 0.351 e. The van der Waals surface area contributed by atoms with Crippen molar-refractivity contribution >= 4 is 29.1 Å². The fourth-order valence-electron chi connectivity index (χ4n) is 2.13. The molecular formula is C14H19N3O3S. The first-order valence-electron chi connectivity index (χ1n) is 7.03. The fourth-order valence-corrected chi connectivity index (χ4v) is 2.77. The summed E-state index contributed by atoms with van der Waals surface area (Å²) in [5, 5.41) is 7.09. The first kappa shape index (κ1) is 15.5. The summed E-state index contributed by atoms with van der Waals surface area (Å²) >= 11 is 1.36. The van der Waals surface area contributed by atoms with Crippen molar-refractivity contribution in [1.82, 2.24) is 15.5 Å². The molecule has 1 fully saturated rings. The number of hydrogen-bond acceptors (Lipinski definition) is 4. The predicted octanol–water partition coefficient (Wildman–Crippen LogP) is 0.607. The Morgan fingerprint density at radius 3 is 2.62 bits per heavy atom. The molecular weight excluding hydrogens is 290 g/mol. The molecule has 0 aliphatic carbocycles. The highest BCUT2D eigenvalue weighted by Gasteiger charge is 2.18. The third-order valence-electron chi connectivity index (χ3n) is 3.28. The summed E-state index contributed by atoms with van der Waals surface area (Å²) in [6.45, 7) is 1.87. The molecule has 21 heavy (non-hydrogen) atoms. The summed E-state index contributed by atoms with van der Waals surface area (Å²) in [4.78, 5) is 37.4. The molecule has 1 aliphatic heterocycles. The Kier molecular flexibility index (Phi) is 5.74. The molecule has 2 N–H and O–H groups in total. The van der Waals surface area contributed by atoms with Gasteiger partial charge in [0.05, 0.1) is 11.4 Å². The highest BCUT2D eigenvalue weighted by atomic mass is 32.1. The van der Waals surface area contributed by atoms with Gasteiger partial charge in [-0.15, -0.1) is 11.3 Å². The van der Waals surface area contributed by atoms with Gasteiger partial charge in [0.15, 0.2) is 0 Å². The molecule has 114 valence electrons. The first-order valence-corrected chi connectivity index (χ1v) is 7.91. The molecule has 1 aromatic heterocycles. The lowest BCUT2D eigenvalue weighted by atomic mass is 10.3. The van der Waals surface area contributed by atoms with E-state index >= 15 is 0 Å². The Bertz CT molecular complexity index is 496. The van der Waals surface area contributed by atoms with Gasteiger partial charge in [-0.1, -0.05) is 6.07 Å². The van der Waals surface area contributed by atoms with Crippen molar-refractivity contribution in [1.29, 1.82) is 0 Å². The normalized spacial score (nSPS) is 14.0. The van der Waals surface area contributed by atoms with E-state index < -0.39 is 0 Å². The molecule has 0 spiro atoms. The summed E-state index contributed by atoms with van der Waals surface area (Å²) in [7, 11) is 0. The van der Waals surface area contributed by atoms with Crippen molar-refractivity contribution in [3.63, 3.8) is 0 Å². The topological polar surface area (TPSA) is 78.5 Å². The van der Waals surface area contributed by atoms with Crippen LogP contribution in [-0.4, -0.2) is 48.8 Å². The number of likely N-dealkylation sites (tertiary alicyclic amines) is 1. The third-order valence-corrected chi connectivity index (χ3v) is 4.15. The van der Waals surface area contributed by atoms with E-state index in [0.29, 0.717) is 4.88 Å². The minimum Gasteiger partial charge on any atom is -0.351 e. The molecule has 0 bridgehead atoms. The van der Waals surface area contributed by atoms with E-state index in [2.05, 4.69) is 10.6 Å². The van der Waals surface area contributed by atoms with Crippen LogP contribution < -0.4 is 10.6 Å². The van der Waals surface area contributed by atoms with Gasteiger partial charge in [0.25, 0.3) is 5.91 Å². The molecule has 6 nitrogen and oxygen atoms in total. The van der Waals surface area contributed by atoms with E-state index in [-0.39, 0.29) is 37.2 Å². The second kappa shape index (κ2) is 7.78. The van der Waals surface area contributed by atoms with E-state index in [0.717, 1.165) is 25.9 Å². The van der Waals surface area contributed by atoms with E-state index in [9.17, 15) is 14.4 Å². The molecule has 1 aromatic rings. The van der Waals surface area contributed by atoms with Gasteiger partial charge in [-0.25, -0.2) is 0 Å². The van der Waals surface area contributed by atoms with Crippen molar-refractivity contribution in [3.05, 3.63) is 22.4 Å². The molecule has 3 amide bonds. The third kappa shape index (κ3) is 4.86. The SMILES string of the molecule is O=C(CCNC(=O)c1cccs1)NCC(=O)N1CCCC1. The maximum Gasteiger partial charge on any atom is 0.261 e. The Hall–Kier alpha value is -1.89.